The molecule has 0 bridgehead atoms. The van der Waals surface area contributed by atoms with Gasteiger partial charge in [-0.2, -0.15) is 0 Å². The summed E-state index contributed by atoms with van der Waals surface area (Å²) in [5.41, 5.74) is 1.54. The number of amides is 2. The van der Waals surface area contributed by atoms with Gasteiger partial charge in [-0.3, -0.25) is 9.59 Å². The quantitative estimate of drug-likeness (QED) is 0.729. The number of nitrogens with zero attached hydrogens (tertiary/aromatic N) is 1. The van der Waals surface area contributed by atoms with Crippen molar-refractivity contribution in [3.8, 4) is 5.75 Å². The average Bonchev–Trinajstić information content (AvgIpc) is 2.64. The van der Waals surface area contributed by atoms with Crippen LogP contribution in [0.15, 0.2) is 48.5 Å². The topological polar surface area (TPSA) is 58.6 Å². The molecular formula is C23H29ClN2O3. The molecule has 0 aliphatic heterocycles. The highest BCUT2D eigenvalue weighted by Gasteiger charge is 2.28. The Bertz CT molecular complexity index is 844. The highest BCUT2D eigenvalue weighted by atomic mass is 35.5. The van der Waals surface area contributed by atoms with E-state index in [0.717, 1.165) is 11.1 Å². The van der Waals surface area contributed by atoms with Crippen LogP contribution in [0.3, 0.4) is 0 Å². The molecule has 2 aromatic carbocycles. The lowest BCUT2D eigenvalue weighted by Gasteiger charge is -2.31. The Labute approximate surface area is 178 Å². The van der Waals surface area contributed by atoms with Gasteiger partial charge < -0.3 is 15.0 Å². The van der Waals surface area contributed by atoms with Gasteiger partial charge in [-0.25, -0.2) is 0 Å². The summed E-state index contributed by atoms with van der Waals surface area (Å²) in [7, 11) is 0. The predicted molar refractivity (Wildman–Crippen MR) is 116 cm³/mol. The summed E-state index contributed by atoms with van der Waals surface area (Å²) in [5.74, 6) is 0.143. The maximum absolute atomic E-state index is 13.0. The standard InChI is InChI=1S/C23H29ClN2O3/c1-16-7-6-8-20(13-16)29-15-21(27)26(14-18-9-11-19(24)12-10-18)17(2)22(28)25-23(3,4)5/h6-13,17H,14-15H2,1-5H3,(H,25,28)/t17-/m0/s1. The second-order valence-electron chi connectivity index (χ2n) is 8.17. The number of aryl methyl sites for hydroxylation is 1. The maximum Gasteiger partial charge on any atom is 0.261 e. The lowest BCUT2D eigenvalue weighted by molar-refractivity contribution is -0.142. The molecule has 0 aromatic heterocycles. The van der Waals surface area contributed by atoms with Gasteiger partial charge in [0.05, 0.1) is 0 Å². The molecule has 0 spiro atoms. The molecule has 5 nitrogen and oxygen atoms in total. The molecule has 1 N–H and O–H groups in total. The minimum Gasteiger partial charge on any atom is -0.484 e. The van der Waals surface area contributed by atoms with E-state index in [2.05, 4.69) is 5.32 Å². The minimum absolute atomic E-state index is 0.149. The van der Waals surface area contributed by atoms with Crippen LogP contribution in [0.4, 0.5) is 0 Å². The lowest BCUT2D eigenvalue weighted by atomic mass is 10.1. The number of carbonyl (C=O) groups is 2. The van der Waals surface area contributed by atoms with Crippen LogP contribution in [0.5, 0.6) is 5.75 Å². The van der Waals surface area contributed by atoms with Crippen LogP contribution in [0.1, 0.15) is 38.8 Å². The first-order valence-corrected chi connectivity index (χ1v) is 9.98. The van der Waals surface area contributed by atoms with E-state index in [9.17, 15) is 9.59 Å². The Balaban J connectivity index is 2.16. The predicted octanol–water partition coefficient (Wildman–Crippen LogP) is 4.36. The van der Waals surface area contributed by atoms with Gasteiger partial charge in [-0.1, -0.05) is 35.9 Å². The molecule has 2 amide bonds. The van der Waals surface area contributed by atoms with Gasteiger partial charge in [-0.05, 0) is 70.0 Å². The number of hydrogen-bond acceptors (Lipinski definition) is 3. The van der Waals surface area contributed by atoms with Crippen LogP contribution in [-0.2, 0) is 16.1 Å². The molecule has 0 unspecified atom stereocenters. The monoisotopic (exact) mass is 416 g/mol. The number of halogens is 1. The van der Waals surface area contributed by atoms with Crippen LogP contribution >= 0.6 is 11.6 Å². The van der Waals surface area contributed by atoms with Crippen LogP contribution in [0.25, 0.3) is 0 Å². The largest absolute Gasteiger partial charge is 0.484 e. The summed E-state index contributed by atoms with van der Waals surface area (Å²) in [6, 6.07) is 14.1. The molecule has 156 valence electrons. The third kappa shape index (κ3) is 7.42. The Morgan fingerprint density at radius 2 is 1.79 bits per heavy atom. The molecule has 0 saturated carbocycles. The molecule has 0 saturated heterocycles. The first kappa shape index (κ1) is 22.8. The maximum atomic E-state index is 13.0. The van der Waals surface area contributed by atoms with Gasteiger partial charge in [0.25, 0.3) is 5.91 Å². The number of benzene rings is 2. The van der Waals surface area contributed by atoms with E-state index >= 15 is 0 Å². The van der Waals surface area contributed by atoms with Crippen molar-refractivity contribution in [2.45, 2.75) is 52.7 Å². The minimum atomic E-state index is -0.654. The summed E-state index contributed by atoms with van der Waals surface area (Å²) in [6.45, 7) is 9.54. The van der Waals surface area contributed by atoms with Crippen molar-refractivity contribution in [1.29, 1.82) is 0 Å². The molecule has 1 atom stereocenters. The molecule has 6 heteroatoms. The smallest absolute Gasteiger partial charge is 0.261 e. The molecule has 0 heterocycles. The van der Waals surface area contributed by atoms with Gasteiger partial charge in [0.1, 0.15) is 11.8 Å². The van der Waals surface area contributed by atoms with E-state index in [-0.39, 0.29) is 25.0 Å². The zero-order valence-corrected chi connectivity index (χ0v) is 18.4. The fraction of sp³-hybridized carbons (Fsp3) is 0.391. The van der Waals surface area contributed by atoms with Crippen molar-refractivity contribution in [2.75, 3.05) is 6.61 Å². The fourth-order valence-corrected chi connectivity index (χ4v) is 2.90. The fourth-order valence-electron chi connectivity index (χ4n) is 2.78. The van der Waals surface area contributed by atoms with Gasteiger partial charge in [0.15, 0.2) is 6.61 Å². The van der Waals surface area contributed by atoms with E-state index in [1.54, 1.807) is 25.1 Å². The van der Waals surface area contributed by atoms with Crippen molar-refractivity contribution in [2.24, 2.45) is 0 Å². The first-order valence-electron chi connectivity index (χ1n) is 9.60. The normalized spacial score (nSPS) is 12.2. The van der Waals surface area contributed by atoms with E-state index in [1.807, 2.05) is 58.0 Å². The highest BCUT2D eigenvalue weighted by molar-refractivity contribution is 6.30. The van der Waals surface area contributed by atoms with Gasteiger partial charge >= 0.3 is 0 Å². The Hall–Kier alpha value is -2.53. The van der Waals surface area contributed by atoms with Crippen LogP contribution < -0.4 is 10.1 Å². The Morgan fingerprint density at radius 3 is 2.38 bits per heavy atom. The number of nitrogens with one attached hydrogen (secondary N) is 1. The number of ether oxygens (including phenoxy) is 1. The zero-order chi connectivity index (χ0) is 21.6. The van der Waals surface area contributed by atoms with E-state index in [0.29, 0.717) is 10.8 Å². The third-order valence-electron chi connectivity index (χ3n) is 4.28. The first-order chi connectivity index (χ1) is 13.5. The van der Waals surface area contributed by atoms with Crippen molar-refractivity contribution < 1.29 is 14.3 Å². The second-order valence-corrected chi connectivity index (χ2v) is 8.60. The van der Waals surface area contributed by atoms with Gasteiger partial charge in [0, 0.05) is 17.1 Å². The number of carbonyl (C=O) groups excluding carboxylic acids is 2. The molecule has 0 radical (unpaired) electrons. The molecule has 0 aliphatic rings. The summed E-state index contributed by atoms with van der Waals surface area (Å²) in [4.78, 5) is 27.2. The van der Waals surface area contributed by atoms with E-state index in [4.69, 9.17) is 16.3 Å². The third-order valence-corrected chi connectivity index (χ3v) is 4.54. The SMILES string of the molecule is Cc1cccc(OCC(=O)N(Cc2ccc(Cl)cc2)[C@@H](C)C(=O)NC(C)(C)C)c1. The van der Waals surface area contributed by atoms with Crippen molar-refractivity contribution in [1.82, 2.24) is 10.2 Å². The van der Waals surface area contributed by atoms with Crippen LogP contribution in [-0.4, -0.2) is 34.9 Å². The van der Waals surface area contributed by atoms with Crippen molar-refractivity contribution in [3.63, 3.8) is 0 Å². The Kier molecular flexibility index (Phi) is 7.68. The van der Waals surface area contributed by atoms with Crippen LogP contribution in [0.2, 0.25) is 5.02 Å². The second kappa shape index (κ2) is 9.79. The molecular weight excluding hydrogens is 388 g/mol. The van der Waals surface area contributed by atoms with Crippen molar-refractivity contribution >= 4 is 23.4 Å². The van der Waals surface area contributed by atoms with Crippen molar-refractivity contribution in [3.05, 3.63) is 64.7 Å². The average molecular weight is 417 g/mol. The Morgan fingerprint density at radius 1 is 1.14 bits per heavy atom. The van der Waals surface area contributed by atoms with Crippen LogP contribution in [0, 0.1) is 6.92 Å². The summed E-state index contributed by atoms with van der Waals surface area (Å²) in [6.07, 6.45) is 0. The molecule has 2 aromatic rings. The number of hydrogen-bond donors (Lipinski definition) is 1. The molecule has 2 rings (SSSR count). The van der Waals surface area contributed by atoms with E-state index in [1.165, 1.54) is 4.90 Å². The number of rotatable bonds is 7. The molecule has 0 aliphatic carbocycles. The van der Waals surface area contributed by atoms with Gasteiger partial charge in [0.2, 0.25) is 5.91 Å². The molecule has 29 heavy (non-hydrogen) atoms. The van der Waals surface area contributed by atoms with E-state index < -0.39 is 11.6 Å². The zero-order valence-electron chi connectivity index (χ0n) is 17.7. The summed E-state index contributed by atoms with van der Waals surface area (Å²) in [5, 5.41) is 3.55. The summed E-state index contributed by atoms with van der Waals surface area (Å²) < 4.78 is 5.67. The van der Waals surface area contributed by atoms with Gasteiger partial charge in [-0.15, -0.1) is 0 Å². The highest BCUT2D eigenvalue weighted by Crippen LogP contribution is 2.16. The summed E-state index contributed by atoms with van der Waals surface area (Å²) >= 11 is 5.96. The molecule has 0 fully saturated rings. The lowest BCUT2D eigenvalue weighted by Crippen LogP contribution is -2.53.